The van der Waals surface area contributed by atoms with Crippen molar-refractivity contribution in [1.82, 2.24) is 10.0 Å². The Labute approximate surface area is 187 Å². The van der Waals surface area contributed by atoms with Crippen LogP contribution in [-0.4, -0.2) is 44.7 Å². The molecule has 31 heavy (non-hydrogen) atoms. The molecule has 3 N–H and O–H groups in total. The third-order valence-corrected chi connectivity index (χ3v) is 8.36. The molecule has 9 heteroatoms. The first kappa shape index (κ1) is 23.7. The van der Waals surface area contributed by atoms with Gasteiger partial charge in [-0.25, -0.2) is 8.42 Å². The smallest absolute Gasteiger partial charge is 0.322 e. The van der Waals surface area contributed by atoms with Crippen molar-refractivity contribution < 1.29 is 23.1 Å². The van der Waals surface area contributed by atoms with E-state index in [1.807, 2.05) is 12.1 Å². The van der Waals surface area contributed by atoms with Gasteiger partial charge in [0.1, 0.15) is 22.1 Å². The lowest BCUT2D eigenvalue weighted by Crippen LogP contribution is -2.42. The Morgan fingerprint density at radius 2 is 1.97 bits per heavy atom. The quantitative estimate of drug-likeness (QED) is 0.470. The van der Waals surface area contributed by atoms with Crippen molar-refractivity contribution >= 4 is 27.3 Å². The summed E-state index contributed by atoms with van der Waals surface area (Å²) in [5, 5.41) is 14.5. The van der Waals surface area contributed by atoms with Gasteiger partial charge in [-0.15, -0.1) is 11.3 Å². The monoisotopic (exact) mass is 466 g/mol. The van der Waals surface area contributed by atoms with E-state index in [1.165, 1.54) is 6.07 Å². The zero-order valence-electron chi connectivity index (χ0n) is 17.6. The number of nitrogens with one attached hydrogen (secondary N) is 2. The van der Waals surface area contributed by atoms with Gasteiger partial charge in [0.05, 0.1) is 0 Å². The average molecular weight is 467 g/mol. The molecule has 1 aliphatic rings. The molecular formula is C22H30N2O5S2. The maximum Gasteiger partial charge on any atom is 0.322 e. The number of aliphatic carboxylic acids is 1. The minimum atomic E-state index is -3.87. The number of carboxylic acid groups (broad SMARTS) is 1. The number of rotatable bonds is 11. The summed E-state index contributed by atoms with van der Waals surface area (Å²) in [6.45, 7) is 4.19. The van der Waals surface area contributed by atoms with E-state index in [4.69, 9.17) is 4.74 Å². The molecule has 7 nitrogen and oxygen atoms in total. The normalized spacial score (nSPS) is 17.2. The first-order valence-corrected chi connectivity index (χ1v) is 13.0. The van der Waals surface area contributed by atoms with Gasteiger partial charge in [-0.1, -0.05) is 31.5 Å². The second-order valence-corrected chi connectivity index (χ2v) is 10.7. The molecule has 2 atom stereocenters. The number of sulfonamides is 1. The summed E-state index contributed by atoms with van der Waals surface area (Å²) in [5.41, 5.74) is 0.725. The zero-order valence-corrected chi connectivity index (χ0v) is 19.3. The molecule has 1 aromatic heterocycles. The first-order valence-electron chi connectivity index (χ1n) is 10.6. The Morgan fingerprint density at radius 1 is 1.26 bits per heavy atom. The van der Waals surface area contributed by atoms with Crippen LogP contribution in [0, 0.1) is 5.92 Å². The van der Waals surface area contributed by atoms with Gasteiger partial charge in [0, 0.05) is 0 Å². The fourth-order valence-electron chi connectivity index (χ4n) is 3.85. The van der Waals surface area contributed by atoms with Gasteiger partial charge in [-0.2, -0.15) is 4.72 Å². The molecule has 0 radical (unpaired) electrons. The minimum absolute atomic E-state index is 0.0485. The number of hydrogen-bond acceptors (Lipinski definition) is 6. The molecule has 0 bridgehead atoms. The van der Waals surface area contributed by atoms with E-state index in [0.717, 1.165) is 61.4 Å². The van der Waals surface area contributed by atoms with Gasteiger partial charge < -0.3 is 15.2 Å². The first-order chi connectivity index (χ1) is 14.9. The van der Waals surface area contributed by atoms with Crippen molar-refractivity contribution in [2.24, 2.45) is 5.92 Å². The Hall–Kier alpha value is -1.94. The Morgan fingerprint density at radius 3 is 2.55 bits per heavy atom. The highest BCUT2D eigenvalue weighted by Crippen LogP contribution is 2.26. The number of carbonyl (C=O) groups is 1. The molecule has 2 aromatic rings. The largest absolute Gasteiger partial charge is 0.490 e. The minimum Gasteiger partial charge on any atom is -0.490 e. The van der Waals surface area contributed by atoms with Crippen molar-refractivity contribution in [1.29, 1.82) is 0 Å². The van der Waals surface area contributed by atoms with E-state index in [1.54, 1.807) is 23.6 Å². The molecule has 1 aromatic carbocycles. The van der Waals surface area contributed by atoms with Gasteiger partial charge in [0.25, 0.3) is 10.0 Å². The molecule has 0 saturated carbocycles. The molecule has 3 rings (SSSR count). The fourth-order valence-corrected chi connectivity index (χ4v) is 6.05. The average Bonchev–Trinajstić information content (AvgIpc) is 3.31. The van der Waals surface area contributed by atoms with Gasteiger partial charge in [-0.3, -0.25) is 4.79 Å². The van der Waals surface area contributed by atoms with Crippen molar-refractivity contribution in [2.45, 2.75) is 55.4 Å². The molecule has 0 amide bonds. The predicted molar refractivity (Wildman–Crippen MR) is 121 cm³/mol. The number of piperidine rings is 1. The maximum absolute atomic E-state index is 12.4. The lowest BCUT2D eigenvalue weighted by molar-refractivity contribution is -0.138. The van der Waals surface area contributed by atoms with Gasteiger partial charge in [-0.05, 0) is 73.8 Å². The molecule has 1 aliphatic heterocycles. The fraction of sp³-hybridized carbons (Fsp3) is 0.500. The lowest BCUT2D eigenvalue weighted by atomic mass is 9.89. The van der Waals surface area contributed by atoms with Crippen LogP contribution in [-0.2, 0) is 21.2 Å². The van der Waals surface area contributed by atoms with E-state index >= 15 is 0 Å². The van der Waals surface area contributed by atoms with Gasteiger partial charge in [0.15, 0.2) is 0 Å². The molecule has 1 fully saturated rings. The SMILES string of the molecule is CCCC(Oc1ccc(CC(NS(=O)(=O)c2cccs2)C(=O)O)cc1)C1CCNCC1. The summed E-state index contributed by atoms with van der Waals surface area (Å²) in [5.74, 6) is 0.0741. The molecule has 0 aliphatic carbocycles. The van der Waals surface area contributed by atoms with Gasteiger partial charge >= 0.3 is 5.97 Å². The summed E-state index contributed by atoms with van der Waals surface area (Å²) < 4.78 is 33.5. The molecule has 2 heterocycles. The van der Waals surface area contributed by atoms with E-state index in [-0.39, 0.29) is 16.7 Å². The van der Waals surface area contributed by atoms with E-state index in [0.29, 0.717) is 5.92 Å². The van der Waals surface area contributed by atoms with Gasteiger partial charge in [0.2, 0.25) is 0 Å². The topological polar surface area (TPSA) is 105 Å². The van der Waals surface area contributed by atoms with Crippen molar-refractivity contribution in [3.05, 3.63) is 47.3 Å². The molecule has 1 saturated heterocycles. The van der Waals surface area contributed by atoms with E-state index < -0.39 is 22.0 Å². The third kappa shape index (κ3) is 6.77. The van der Waals surface area contributed by atoms with E-state index in [2.05, 4.69) is 17.0 Å². The Balaban J connectivity index is 1.64. The van der Waals surface area contributed by atoms with Crippen LogP contribution >= 0.6 is 11.3 Å². The highest BCUT2D eigenvalue weighted by atomic mass is 32.2. The van der Waals surface area contributed by atoms with Crippen molar-refractivity contribution in [2.75, 3.05) is 13.1 Å². The Bertz CT molecular complexity index is 923. The highest BCUT2D eigenvalue weighted by molar-refractivity contribution is 7.91. The summed E-state index contributed by atoms with van der Waals surface area (Å²) in [6, 6.07) is 9.10. The van der Waals surface area contributed by atoms with Crippen LogP contribution in [0.3, 0.4) is 0 Å². The third-order valence-electron chi connectivity index (χ3n) is 5.49. The van der Waals surface area contributed by atoms with Crippen LogP contribution < -0.4 is 14.8 Å². The number of carboxylic acids is 1. The second kappa shape index (κ2) is 11.1. The number of hydrogen-bond donors (Lipinski definition) is 3. The number of ether oxygens (including phenoxy) is 1. The maximum atomic E-state index is 12.4. The lowest BCUT2D eigenvalue weighted by Gasteiger charge is -2.31. The van der Waals surface area contributed by atoms with Crippen LogP contribution in [0.5, 0.6) is 5.75 Å². The number of benzene rings is 1. The summed E-state index contributed by atoms with van der Waals surface area (Å²) in [4.78, 5) is 11.7. The summed E-state index contributed by atoms with van der Waals surface area (Å²) >= 11 is 1.05. The number of thiophene rings is 1. The van der Waals surface area contributed by atoms with Crippen LogP contribution in [0.4, 0.5) is 0 Å². The molecule has 0 spiro atoms. The van der Waals surface area contributed by atoms with E-state index in [9.17, 15) is 18.3 Å². The molecule has 170 valence electrons. The van der Waals surface area contributed by atoms with Crippen LogP contribution in [0.25, 0.3) is 0 Å². The Kier molecular flexibility index (Phi) is 8.48. The second-order valence-electron chi connectivity index (χ2n) is 7.82. The standard InChI is InChI=1S/C22H30N2O5S2/c1-2-4-20(17-10-12-23-13-11-17)29-18-8-6-16(7-9-18)15-19(22(25)26)24-31(27,28)21-5-3-14-30-21/h3,5-9,14,17,19-20,23-24H,2,4,10-13,15H2,1H3,(H,25,26). The molecule has 2 unspecified atom stereocenters. The zero-order chi connectivity index (χ0) is 22.3. The van der Waals surface area contributed by atoms with Crippen LogP contribution in [0.2, 0.25) is 0 Å². The predicted octanol–water partition coefficient (Wildman–Crippen LogP) is 3.27. The van der Waals surface area contributed by atoms with Crippen molar-refractivity contribution in [3.8, 4) is 5.75 Å². The van der Waals surface area contributed by atoms with Crippen LogP contribution in [0.1, 0.15) is 38.2 Å². The van der Waals surface area contributed by atoms with Crippen molar-refractivity contribution in [3.63, 3.8) is 0 Å². The molecular weight excluding hydrogens is 436 g/mol. The van der Waals surface area contributed by atoms with Crippen LogP contribution in [0.15, 0.2) is 46.0 Å². The summed E-state index contributed by atoms with van der Waals surface area (Å²) in [7, 11) is -3.87. The summed E-state index contributed by atoms with van der Waals surface area (Å²) in [6.07, 6.45) is 4.48. The highest BCUT2D eigenvalue weighted by Gasteiger charge is 2.27.